The molecule has 0 bridgehead atoms. The average Bonchev–Trinajstić information content (AvgIpc) is 3.04. The minimum Gasteiger partial charge on any atom is -0.436 e. The first-order chi connectivity index (χ1) is 8.92. The number of nitrogens with zero attached hydrogens (tertiary/aromatic N) is 2. The zero-order valence-corrected chi connectivity index (χ0v) is 10.1. The second-order valence-electron chi connectivity index (χ2n) is 3.99. The van der Waals surface area contributed by atoms with E-state index in [2.05, 4.69) is 9.97 Å². The van der Waals surface area contributed by atoms with Crippen LogP contribution in [-0.2, 0) is 0 Å². The van der Waals surface area contributed by atoms with Gasteiger partial charge >= 0.3 is 0 Å². The summed E-state index contributed by atoms with van der Waals surface area (Å²) in [5.74, 6) is 0.658. The standard InChI is InChI=1S/C14H8N2OS/c1-2-7-12-10(5-1)16-14(17-12)9-4-3-6-11-13(9)18-8-15-11/h1-8H. The SMILES string of the molecule is c1ccc2oc(-c3cccc4ncsc34)nc2c1. The van der Waals surface area contributed by atoms with Gasteiger partial charge in [0.2, 0.25) is 5.89 Å². The fourth-order valence-electron chi connectivity index (χ4n) is 2.04. The Kier molecular flexibility index (Phi) is 1.98. The quantitative estimate of drug-likeness (QED) is 0.512. The Morgan fingerprint density at radius 2 is 1.83 bits per heavy atom. The van der Waals surface area contributed by atoms with E-state index < -0.39 is 0 Å². The second-order valence-corrected chi connectivity index (χ2v) is 4.85. The molecular weight excluding hydrogens is 244 g/mol. The Morgan fingerprint density at radius 1 is 0.944 bits per heavy atom. The van der Waals surface area contributed by atoms with Crippen molar-refractivity contribution in [3.8, 4) is 11.5 Å². The molecule has 0 aliphatic carbocycles. The van der Waals surface area contributed by atoms with Crippen LogP contribution >= 0.6 is 11.3 Å². The number of para-hydroxylation sites is 2. The van der Waals surface area contributed by atoms with Crippen molar-refractivity contribution in [2.75, 3.05) is 0 Å². The van der Waals surface area contributed by atoms with Crippen molar-refractivity contribution in [1.29, 1.82) is 0 Å². The molecule has 0 amide bonds. The van der Waals surface area contributed by atoms with Crippen LogP contribution in [0.2, 0.25) is 0 Å². The van der Waals surface area contributed by atoms with Crippen molar-refractivity contribution < 1.29 is 4.42 Å². The molecule has 4 rings (SSSR count). The summed E-state index contributed by atoms with van der Waals surface area (Å²) in [5, 5.41) is 0. The Hall–Kier alpha value is -2.20. The highest BCUT2D eigenvalue weighted by Gasteiger charge is 2.12. The first kappa shape index (κ1) is 9.79. The lowest BCUT2D eigenvalue weighted by molar-refractivity contribution is 0.621. The summed E-state index contributed by atoms with van der Waals surface area (Å²) in [4.78, 5) is 8.83. The number of hydrogen-bond acceptors (Lipinski definition) is 4. The third-order valence-corrected chi connectivity index (χ3v) is 3.76. The van der Waals surface area contributed by atoms with E-state index in [4.69, 9.17) is 4.42 Å². The maximum Gasteiger partial charge on any atom is 0.228 e. The number of thiazole rings is 1. The molecule has 86 valence electrons. The summed E-state index contributed by atoms with van der Waals surface area (Å²) in [6, 6.07) is 13.8. The summed E-state index contributed by atoms with van der Waals surface area (Å²) < 4.78 is 6.91. The molecule has 2 heterocycles. The van der Waals surface area contributed by atoms with Crippen LogP contribution in [0.25, 0.3) is 32.8 Å². The summed E-state index contributed by atoms with van der Waals surface area (Å²) in [5.41, 5.74) is 5.53. The van der Waals surface area contributed by atoms with Gasteiger partial charge < -0.3 is 4.42 Å². The molecule has 0 spiro atoms. The molecular formula is C14H8N2OS. The molecule has 0 atom stereocenters. The van der Waals surface area contributed by atoms with E-state index in [9.17, 15) is 0 Å². The first-order valence-corrected chi connectivity index (χ1v) is 6.48. The van der Waals surface area contributed by atoms with E-state index in [1.807, 2.05) is 48.0 Å². The molecule has 0 saturated heterocycles. The van der Waals surface area contributed by atoms with Gasteiger partial charge in [-0.15, -0.1) is 11.3 Å². The zero-order chi connectivity index (χ0) is 11.9. The molecule has 0 saturated carbocycles. The molecule has 0 N–H and O–H groups in total. The van der Waals surface area contributed by atoms with Crippen LogP contribution in [0.3, 0.4) is 0 Å². The Bertz CT molecular complexity index is 814. The lowest BCUT2D eigenvalue weighted by Crippen LogP contribution is -1.77. The Labute approximate surface area is 107 Å². The van der Waals surface area contributed by atoms with E-state index >= 15 is 0 Å². The molecule has 0 aliphatic rings. The predicted octanol–water partition coefficient (Wildman–Crippen LogP) is 4.10. The largest absolute Gasteiger partial charge is 0.436 e. The van der Waals surface area contributed by atoms with Crippen molar-refractivity contribution >= 4 is 32.7 Å². The van der Waals surface area contributed by atoms with Crippen molar-refractivity contribution in [3.63, 3.8) is 0 Å². The van der Waals surface area contributed by atoms with E-state index in [-0.39, 0.29) is 0 Å². The minimum atomic E-state index is 0.658. The number of aromatic nitrogens is 2. The van der Waals surface area contributed by atoms with Crippen molar-refractivity contribution in [2.24, 2.45) is 0 Å². The first-order valence-electron chi connectivity index (χ1n) is 5.60. The molecule has 3 nitrogen and oxygen atoms in total. The molecule has 2 aromatic carbocycles. The second kappa shape index (κ2) is 3.65. The number of benzene rings is 2. The average molecular weight is 252 g/mol. The fraction of sp³-hybridized carbons (Fsp3) is 0. The van der Waals surface area contributed by atoms with Gasteiger partial charge in [0.05, 0.1) is 21.3 Å². The van der Waals surface area contributed by atoms with Gasteiger partial charge in [0, 0.05) is 0 Å². The van der Waals surface area contributed by atoms with Crippen molar-refractivity contribution in [1.82, 2.24) is 9.97 Å². The monoisotopic (exact) mass is 252 g/mol. The summed E-state index contributed by atoms with van der Waals surface area (Å²) in [7, 11) is 0. The van der Waals surface area contributed by atoms with Crippen LogP contribution in [0.4, 0.5) is 0 Å². The van der Waals surface area contributed by atoms with Gasteiger partial charge in [0.15, 0.2) is 5.58 Å². The lowest BCUT2D eigenvalue weighted by Gasteiger charge is -1.95. The van der Waals surface area contributed by atoms with Gasteiger partial charge in [-0.3, -0.25) is 0 Å². The van der Waals surface area contributed by atoms with Crippen LogP contribution in [0.15, 0.2) is 52.4 Å². The van der Waals surface area contributed by atoms with Gasteiger partial charge in [0.25, 0.3) is 0 Å². The maximum absolute atomic E-state index is 5.80. The Morgan fingerprint density at radius 3 is 2.78 bits per heavy atom. The number of oxazole rings is 1. The van der Waals surface area contributed by atoms with Gasteiger partial charge in [0.1, 0.15) is 5.52 Å². The van der Waals surface area contributed by atoms with Crippen LogP contribution in [0.5, 0.6) is 0 Å². The molecule has 0 unspecified atom stereocenters. The van der Waals surface area contributed by atoms with Crippen LogP contribution in [0, 0.1) is 0 Å². The van der Waals surface area contributed by atoms with Crippen molar-refractivity contribution in [3.05, 3.63) is 48.0 Å². The van der Waals surface area contributed by atoms with Crippen molar-refractivity contribution in [2.45, 2.75) is 0 Å². The van der Waals surface area contributed by atoms with Gasteiger partial charge in [-0.2, -0.15) is 0 Å². The summed E-state index contributed by atoms with van der Waals surface area (Å²) >= 11 is 1.61. The maximum atomic E-state index is 5.80. The van der Waals surface area contributed by atoms with Crippen LogP contribution in [0.1, 0.15) is 0 Å². The van der Waals surface area contributed by atoms with E-state index in [0.29, 0.717) is 5.89 Å². The van der Waals surface area contributed by atoms with E-state index in [0.717, 1.165) is 26.9 Å². The number of fused-ring (bicyclic) bond motifs is 2. The lowest BCUT2D eigenvalue weighted by atomic mass is 10.2. The number of hydrogen-bond donors (Lipinski definition) is 0. The highest BCUT2D eigenvalue weighted by molar-refractivity contribution is 7.17. The topological polar surface area (TPSA) is 38.9 Å². The Balaban J connectivity index is 2.04. The third kappa shape index (κ3) is 1.36. The molecule has 0 fully saturated rings. The summed E-state index contributed by atoms with van der Waals surface area (Å²) in [6.07, 6.45) is 0. The molecule has 18 heavy (non-hydrogen) atoms. The highest BCUT2D eigenvalue weighted by atomic mass is 32.1. The van der Waals surface area contributed by atoms with Gasteiger partial charge in [-0.05, 0) is 24.3 Å². The molecule has 0 radical (unpaired) electrons. The molecule has 4 heteroatoms. The third-order valence-electron chi connectivity index (χ3n) is 2.88. The molecule has 0 aliphatic heterocycles. The van der Waals surface area contributed by atoms with Gasteiger partial charge in [-0.1, -0.05) is 18.2 Å². The van der Waals surface area contributed by atoms with Gasteiger partial charge in [-0.25, -0.2) is 9.97 Å². The smallest absolute Gasteiger partial charge is 0.228 e. The highest BCUT2D eigenvalue weighted by Crippen LogP contribution is 2.32. The normalized spacial score (nSPS) is 11.3. The number of rotatable bonds is 1. The molecule has 4 aromatic rings. The fourth-order valence-corrected chi connectivity index (χ4v) is 2.84. The van der Waals surface area contributed by atoms with Crippen LogP contribution in [-0.4, -0.2) is 9.97 Å². The van der Waals surface area contributed by atoms with E-state index in [1.54, 1.807) is 11.3 Å². The minimum absolute atomic E-state index is 0.658. The van der Waals surface area contributed by atoms with E-state index in [1.165, 1.54) is 0 Å². The molecule has 2 aromatic heterocycles. The zero-order valence-electron chi connectivity index (χ0n) is 9.33. The summed E-state index contributed by atoms with van der Waals surface area (Å²) in [6.45, 7) is 0. The van der Waals surface area contributed by atoms with Crippen LogP contribution < -0.4 is 0 Å². The predicted molar refractivity (Wildman–Crippen MR) is 72.6 cm³/mol.